The van der Waals surface area contributed by atoms with E-state index < -0.39 is 17.9 Å². The van der Waals surface area contributed by atoms with Gasteiger partial charge in [-0.15, -0.1) is 11.3 Å². The first-order chi connectivity index (χ1) is 9.88. The van der Waals surface area contributed by atoms with E-state index >= 15 is 0 Å². The van der Waals surface area contributed by atoms with Gasteiger partial charge in [-0.05, 0) is 37.8 Å². The Labute approximate surface area is 127 Å². The molecular formula is C15H18N2O3S. The fourth-order valence-corrected chi connectivity index (χ4v) is 3.50. The first kappa shape index (κ1) is 14.3. The van der Waals surface area contributed by atoms with Gasteiger partial charge in [0.1, 0.15) is 11.6 Å². The Balaban J connectivity index is 1.99. The Hall–Kier alpha value is -1.66. The summed E-state index contributed by atoms with van der Waals surface area (Å²) in [5.41, 5.74) is 1.11. The van der Waals surface area contributed by atoms with Crippen LogP contribution in [0.25, 0.3) is 0 Å². The standard InChI is InChI=1S/C15H18N2O3S/c1-15(2,3)20-14(19)17-11-8-21-7-10(11)9-5-4-6-16-12(9)13(17)18/h4-9,12-13,18H,1-3H3. The van der Waals surface area contributed by atoms with Crippen LogP contribution in [0, 0.1) is 0 Å². The van der Waals surface area contributed by atoms with Crippen molar-refractivity contribution in [2.75, 3.05) is 4.90 Å². The van der Waals surface area contributed by atoms with Gasteiger partial charge in [-0.25, -0.2) is 9.69 Å². The number of fused-ring (bicyclic) bond motifs is 3. The Morgan fingerprint density at radius 1 is 1.43 bits per heavy atom. The molecule has 1 amide bonds. The number of ether oxygens (including phenoxy) is 1. The number of carbonyl (C=O) groups is 1. The van der Waals surface area contributed by atoms with Crippen LogP contribution in [-0.2, 0) is 4.74 Å². The molecule has 1 aromatic rings. The van der Waals surface area contributed by atoms with Crippen molar-refractivity contribution in [1.82, 2.24) is 0 Å². The normalized spacial score (nSPS) is 27.2. The highest BCUT2D eigenvalue weighted by Crippen LogP contribution is 2.43. The second kappa shape index (κ2) is 4.96. The van der Waals surface area contributed by atoms with Gasteiger partial charge in [0.15, 0.2) is 6.23 Å². The summed E-state index contributed by atoms with van der Waals surface area (Å²) in [5, 5.41) is 14.4. The van der Waals surface area contributed by atoms with E-state index in [0.29, 0.717) is 5.69 Å². The summed E-state index contributed by atoms with van der Waals surface area (Å²) >= 11 is 1.51. The molecule has 1 aromatic heterocycles. The lowest BCUT2D eigenvalue weighted by atomic mass is 9.86. The fourth-order valence-electron chi connectivity index (χ4n) is 2.63. The maximum atomic E-state index is 12.4. The molecule has 21 heavy (non-hydrogen) atoms. The Bertz CT molecular complexity index is 615. The smallest absolute Gasteiger partial charge is 0.417 e. The minimum absolute atomic E-state index is 0.00457. The van der Waals surface area contributed by atoms with Crippen LogP contribution < -0.4 is 4.90 Å². The topological polar surface area (TPSA) is 62.1 Å². The van der Waals surface area contributed by atoms with Gasteiger partial charge < -0.3 is 9.84 Å². The summed E-state index contributed by atoms with van der Waals surface area (Å²) < 4.78 is 5.42. The third-order valence-corrected chi connectivity index (χ3v) is 4.23. The number of nitrogens with zero attached hydrogens (tertiary/aromatic N) is 2. The maximum Gasteiger partial charge on any atom is 0.417 e. The molecule has 0 bridgehead atoms. The van der Waals surface area contributed by atoms with E-state index in [1.165, 1.54) is 16.2 Å². The molecular weight excluding hydrogens is 288 g/mol. The molecule has 2 aliphatic heterocycles. The summed E-state index contributed by atoms with van der Waals surface area (Å²) in [6.07, 6.45) is 3.98. The van der Waals surface area contributed by atoms with Crippen molar-refractivity contribution in [2.24, 2.45) is 4.99 Å². The Morgan fingerprint density at radius 2 is 2.19 bits per heavy atom. The highest BCUT2D eigenvalue weighted by atomic mass is 32.1. The van der Waals surface area contributed by atoms with E-state index in [4.69, 9.17) is 4.74 Å². The molecule has 0 spiro atoms. The van der Waals surface area contributed by atoms with Gasteiger partial charge in [-0.3, -0.25) is 4.99 Å². The van der Waals surface area contributed by atoms with Crippen LogP contribution in [0.15, 0.2) is 27.9 Å². The van der Waals surface area contributed by atoms with Crippen LogP contribution in [0.1, 0.15) is 32.3 Å². The number of carbonyl (C=O) groups excluding carboxylic acids is 1. The van der Waals surface area contributed by atoms with Crippen molar-refractivity contribution in [3.05, 3.63) is 28.5 Å². The van der Waals surface area contributed by atoms with Crippen molar-refractivity contribution in [3.63, 3.8) is 0 Å². The van der Waals surface area contributed by atoms with Crippen LogP contribution in [-0.4, -0.2) is 35.3 Å². The lowest BCUT2D eigenvalue weighted by molar-refractivity contribution is 0.0422. The zero-order chi connectivity index (χ0) is 15.2. The minimum atomic E-state index is -1.02. The molecule has 6 heteroatoms. The number of anilines is 1. The maximum absolute atomic E-state index is 12.4. The fraction of sp³-hybridized carbons (Fsp3) is 0.467. The van der Waals surface area contributed by atoms with Crippen molar-refractivity contribution in [2.45, 2.75) is 44.6 Å². The number of thiophene rings is 1. The number of hydrogen-bond donors (Lipinski definition) is 1. The Morgan fingerprint density at radius 3 is 2.90 bits per heavy atom. The molecule has 5 nitrogen and oxygen atoms in total. The summed E-state index contributed by atoms with van der Waals surface area (Å²) in [5.74, 6) is 0.00457. The molecule has 3 unspecified atom stereocenters. The van der Waals surface area contributed by atoms with E-state index in [9.17, 15) is 9.90 Å². The lowest BCUT2D eigenvalue weighted by Crippen LogP contribution is -2.53. The van der Waals surface area contributed by atoms with E-state index in [-0.39, 0.29) is 12.0 Å². The summed E-state index contributed by atoms with van der Waals surface area (Å²) in [6, 6.07) is -0.385. The molecule has 0 aromatic carbocycles. The van der Waals surface area contributed by atoms with E-state index in [1.54, 1.807) is 27.0 Å². The van der Waals surface area contributed by atoms with E-state index in [0.717, 1.165) is 5.56 Å². The lowest BCUT2D eigenvalue weighted by Gasteiger charge is -2.40. The molecule has 2 aliphatic rings. The number of rotatable bonds is 0. The van der Waals surface area contributed by atoms with E-state index in [2.05, 4.69) is 4.99 Å². The highest BCUT2D eigenvalue weighted by Gasteiger charge is 2.44. The number of aliphatic hydroxyl groups excluding tert-OH is 1. The predicted octanol–water partition coefficient (Wildman–Crippen LogP) is 2.91. The minimum Gasteiger partial charge on any atom is -0.443 e. The average molecular weight is 306 g/mol. The molecule has 0 saturated carbocycles. The average Bonchev–Trinajstić information content (AvgIpc) is 2.86. The first-order valence-electron chi connectivity index (χ1n) is 6.85. The van der Waals surface area contributed by atoms with Gasteiger partial charge in [0.2, 0.25) is 0 Å². The van der Waals surface area contributed by atoms with Gasteiger partial charge in [0, 0.05) is 17.5 Å². The van der Waals surface area contributed by atoms with Gasteiger partial charge in [-0.2, -0.15) is 0 Å². The SMILES string of the molecule is CC(C)(C)OC(=O)N1c2cscc2C2C=CC=NC2C1O. The highest BCUT2D eigenvalue weighted by molar-refractivity contribution is 7.08. The van der Waals surface area contributed by atoms with Gasteiger partial charge >= 0.3 is 6.09 Å². The quantitative estimate of drug-likeness (QED) is 0.801. The molecule has 112 valence electrons. The van der Waals surface area contributed by atoms with Crippen molar-refractivity contribution < 1.29 is 14.6 Å². The molecule has 0 radical (unpaired) electrons. The first-order valence-corrected chi connectivity index (χ1v) is 7.79. The summed E-state index contributed by atoms with van der Waals surface area (Å²) in [4.78, 5) is 18.1. The third-order valence-electron chi connectivity index (χ3n) is 3.48. The largest absolute Gasteiger partial charge is 0.443 e. The molecule has 3 rings (SSSR count). The predicted molar refractivity (Wildman–Crippen MR) is 83.2 cm³/mol. The molecule has 0 saturated heterocycles. The zero-order valence-electron chi connectivity index (χ0n) is 12.2. The third kappa shape index (κ3) is 2.49. The second-order valence-corrected chi connectivity index (χ2v) is 6.92. The molecule has 3 heterocycles. The van der Waals surface area contributed by atoms with Crippen LogP contribution in [0.3, 0.4) is 0 Å². The summed E-state index contributed by atoms with van der Waals surface area (Å²) in [7, 11) is 0. The Kier molecular flexibility index (Phi) is 3.37. The zero-order valence-corrected chi connectivity index (χ0v) is 13.0. The molecule has 0 fully saturated rings. The number of hydrogen-bond acceptors (Lipinski definition) is 5. The van der Waals surface area contributed by atoms with Crippen LogP contribution in [0.5, 0.6) is 0 Å². The van der Waals surface area contributed by atoms with Crippen molar-refractivity contribution in [3.8, 4) is 0 Å². The monoisotopic (exact) mass is 306 g/mol. The molecule has 3 atom stereocenters. The molecule has 0 aliphatic carbocycles. The van der Waals surface area contributed by atoms with Gasteiger partial charge in [0.05, 0.1) is 5.69 Å². The van der Waals surface area contributed by atoms with Crippen LogP contribution in [0.2, 0.25) is 0 Å². The number of aliphatic imine (C=N–C) groups is 1. The second-order valence-electron chi connectivity index (χ2n) is 6.18. The van der Waals surface area contributed by atoms with Crippen LogP contribution >= 0.6 is 11.3 Å². The number of aliphatic hydroxyl groups is 1. The number of allylic oxidation sites excluding steroid dienone is 1. The van der Waals surface area contributed by atoms with Crippen LogP contribution in [0.4, 0.5) is 10.5 Å². The van der Waals surface area contributed by atoms with Gasteiger partial charge in [-0.1, -0.05) is 6.08 Å². The summed E-state index contributed by atoms with van der Waals surface area (Å²) in [6.45, 7) is 5.42. The van der Waals surface area contributed by atoms with Crippen molar-refractivity contribution in [1.29, 1.82) is 0 Å². The molecule has 1 N–H and O–H groups in total. The van der Waals surface area contributed by atoms with E-state index in [1.807, 2.05) is 22.9 Å². The number of amides is 1. The van der Waals surface area contributed by atoms with Gasteiger partial charge in [0.25, 0.3) is 0 Å². The van der Waals surface area contributed by atoms with Crippen molar-refractivity contribution >= 4 is 29.3 Å². The number of dihydropyridines is 1.